The van der Waals surface area contributed by atoms with E-state index in [1.165, 1.54) is 11.3 Å². The summed E-state index contributed by atoms with van der Waals surface area (Å²) in [4.78, 5) is 16.4. The van der Waals surface area contributed by atoms with E-state index >= 15 is 0 Å². The molecule has 18 heavy (non-hydrogen) atoms. The Morgan fingerprint density at radius 1 is 1.50 bits per heavy atom. The van der Waals surface area contributed by atoms with Gasteiger partial charge in [0.05, 0.1) is 24.2 Å². The van der Waals surface area contributed by atoms with E-state index in [0.29, 0.717) is 17.0 Å². The molecule has 0 saturated heterocycles. The highest BCUT2D eigenvalue weighted by Gasteiger charge is 2.13. The van der Waals surface area contributed by atoms with Crippen molar-refractivity contribution in [3.8, 4) is 5.75 Å². The molecule has 1 aromatic carbocycles. The second-order valence-corrected chi connectivity index (χ2v) is 4.97. The number of thiazole rings is 1. The van der Waals surface area contributed by atoms with E-state index in [-0.39, 0.29) is 12.2 Å². The highest BCUT2D eigenvalue weighted by atomic mass is 32.1. The summed E-state index contributed by atoms with van der Waals surface area (Å²) in [7, 11) is 1.56. The molecule has 1 heterocycles. The van der Waals surface area contributed by atoms with Gasteiger partial charge >= 0.3 is 0 Å². The molecule has 5 heteroatoms. The zero-order valence-corrected chi connectivity index (χ0v) is 11.1. The Balaban J connectivity index is 2.23. The monoisotopic (exact) mass is 262 g/mol. The summed E-state index contributed by atoms with van der Waals surface area (Å²) in [6.45, 7) is 1.92. The van der Waals surface area contributed by atoms with Gasteiger partial charge in [-0.25, -0.2) is 4.98 Å². The first-order chi connectivity index (χ1) is 8.60. The number of ether oxygens (including phenoxy) is 1. The minimum Gasteiger partial charge on any atom is -0.497 e. The molecule has 0 atom stereocenters. The number of hydrogen-bond donors (Lipinski definition) is 1. The minimum absolute atomic E-state index is 0.0447. The van der Waals surface area contributed by atoms with E-state index in [1.807, 2.05) is 12.3 Å². The molecule has 2 rings (SSSR count). The average Bonchev–Trinajstić information content (AvgIpc) is 2.75. The number of nitrogens with two attached hydrogens (primary N) is 1. The summed E-state index contributed by atoms with van der Waals surface area (Å²) in [5.74, 6) is 0.582. The third kappa shape index (κ3) is 2.68. The molecular weight excluding hydrogens is 248 g/mol. The van der Waals surface area contributed by atoms with Crippen LogP contribution >= 0.6 is 11.3 Å². The number of methoxy groups -OCH3 is 1. The zero-order chi connectivity index (χ0) is 13.1. The van der Waals surface area contributed by atoms with Crippen LogP contribution in [0.5, 0.6) is 5.75 Å². The smallest absolute Gasteiger partial charge is 0.171 e. The van der Waals surface area contributed by atoms with Crippen molar-refractivity contribution in [3.05, 3.63) is 39.8 Å². The predicted molar refractivity (Wildman–Crippen MR) is 72.3 cm³/mol. The van der Waals surface area contributed by atoms with Crippen LogP contribution in [0.4, 0.5) is 5.69 Å². The van der Waals surface area contributed by atoms with Gasteiger partial charge in [0.15, 0.2) is 5.78 Å². The van der Waals surface area contributed by atoms with Crippen LogP contribution in [0.3, 0.4) is 0 Å². The summed E-state index contributed by atoms with van der Waals surface area (Å²) >= 11 is 1.53. The van der Waals surface area contributed by atoms with Gasteiger partial charge in [-0.1, -0.05) is 0 Å². The lowest BCUT2D eigenvalue weighted by molar-refractivity contribution is 0.0992. The first kappa shape index (κ1) is 12.6. The molecule has 0 aliphatic rings. The van der Waals surface area contributed by atoms with Crippen LogP contribution in [0.25, 0.3) is 0 Å². The van der Waals surface area contributed by atoms with Gasteiger partial charge in [-0.3, -0.25) is 4.79 Å². The Kier molecular flexibility index (Phi) is 3.62. The minimum atomic E-state index is -0.0447. The predicted octanol–water partition coefficient (Wildman–Crippen LogP) is 2.47. The molecule has 0 amide bonds. The normalized spacial score (nSPS) is 10.3. The number of hydrogen-bond acceptors (Lipinski definition) is 5. The molecule has 0 bridgehead atoms. The Bertz CT molecular complexity index is 578. The Morgan fingerprint density at radius 2 is 2.28 bits per heavy atom. The van der Waals surface area contributed by atoms with E-state index in [2.05, 4.69) is 4.98 Å². The number of rotatable bonds is 4. The van der Waals surface area contributed by atoms with Crippen molar-refractivity contribution in [1.82, 2.24) is 4.98 Å². The standard InChI is InChI=1S/C13H14N2O2S/c1-8-15-9(7-18-8)5-13(16)11-6-10(17-2)3-4-12(11)14/h3-4,6-7H,5,14H2,1-2H3. The van der Waals surface area contributed by atoms with Crippen molar-refractivity contribution >= 4 is 22.8 Å². The SMILES string of the molecule is COc1ccc(N)c(C(=O)Cc2csc(C)n2)c1. The fourth-order valence-corrected chi connectivity index (χ4v) is 2.27. The second-order valence-electron chi connectivity index (χ2n) is 3.91. The number of benzene rings is 1. The molecule has 0 unspecified atom stereocenters. The van der Waals surface area contributed by atoms with E-state index < -0.39 is 0 Å². The maximum Gasteiger partial charge on any atom is 0.171 e. The number of aromatic nitrogens is 1. The maximum absolute atomic E-state index is 12.1. The fourth-order valence-electron chi connectivity index (χ4n) is 1.65. The molecule has 1 aromatic heterocycles. The van der Waals surface area contributed by atoms with Crippen LogP contribution in [-0.2, 0) is 6.42 Å². The van der Waals surface area contributed by atoms with Crippen molar-refractivity contribution in [1.29, 1.82) is 0 Å². The quantitative estimate of drug-likeness (QED) is 0.679. The number of anilines is 1. The van der Waals surface area contributed by atoms with Gasteiger partial charge in [0.25, 0.3) is 0 Å². The zero-order valence-electron chi connectivity index (χ0n) is 10.3. The van der Waals surface area contributed by atoms with Gasteiger partial charge in [0.1, 0.15) is 5.75 Å². The molecule has 2 aromatic rings. The Hall–Kier alpha value is -1.88. The number of Topliss-reactive ketones (excluding diaryl/α,β-unsaturated/α-hetero) is 1. The Morgan fingerprint density at radius 3 is 2.89 bits per heavy atom. The van der Waals surface area contributed by atoms with Gasteiger partial charge in [-0.05, 0) is 25.1 Å². The van der Waals surface area contributed by atoms with Crippen LogP contribution in [0.1, 0.15) is 21.1 Å². The van der Waals surface area contributed by atoms with Crippen molar-refractivity contribution < 1.29 is 9.53 Å². The van der Waals surface area contributed by atoms with E-state index in [9.17, 15) is 4.79 Å². The summed E-state index contributed by atoms with van der Waals surface area (Å²) < 4.78 is 5.09. The van der Waals surface area contributed by atoms with Crippen LogP contribution in [0, 0.1) is 6.92 Å². The van der Waals surface area contributed by atoms with E-state index in [1.54, 1.807) is 25.3 Å². The van der Waals surface area contributed by atoms with Crippen LogP contribution < -0.4 is 10.5 Å². The molecular formula is C13H14N2O2S. The second kappa shape index (κ2) is 5.18. The van der Waals surface area contributed by atoms with Gasteiger partial charge in [0.2, 0.25) is 0 Å². The summed E-state index contributed by atoms with van der Waals surface area (Å²) in [6, 6.07) is 5.08. The molecule has 94 valence electrons. The van der Waals surface area contributed by atoms with Gasteiger partial charge in [-0.15, -0.1) is 11.3 Å². The molecule has 0 saturated carbocycles. The van der Waals surface area contributed by atoms with Crippen LogP contribution in [0.15, 0.2) is 23.6 Å². The van der Waals surface area contributed by atoms with Crippen molar-refractivity contribution in [2.45, 2.75) is 13.3 Å². The molecule has 0 aliphatic carbocycles. The molecule has 4 nitrogen and oxygen atoms in total. The number of carbonyl (C=O) groups excluding carboxylic acids is 1. The summed E-state index contributed by atoms with van der Waals surface area (Å²) in [5, 5.41) is 2.85. The van der Waals surface area contributed by atoms with Gasteiger partial charge in [0, 0.05) is 16.6 Å². The van der Waals surface area contributed by atoms with Crippen LogP contribution in [-0.4, -0.2) is 17.9 Å². The molecule has 0 spiro atoms. The number of nitrogen functional groups attached to an aromatic ring is 1. The topological polar surface area (TPSA) is 65.2 Å². The van der Waals surface area contributed by atoms with Gasteiger partial charge < -0.3 is 10.5 Å². The lowest BCUT2D eigenvalue weighted by Gasteiger charge is -2.06. The molecule has 0 fully saturated rings. The molecule has 2 N–H and O–H groups in total. The lowest BCUT2D eigenvalue weighted by atomic mass is 10.0. The number of nitrogens with zero attached hydrogens (tertiary/aromatic N) is 1. The molecule has 0 aliphatic heterocycles. The van der Waals surface area contributed by atoms with E-state index in [4.69, 9.17) is 10.5 Å². The average molecular weight is 262 g/mol. The first-order valence-electron chi connectivity index (χ1n) is 5.48. The lowest BCUT2D eigenvalue weighted by Crippen LogP contribution is -2.07. The van der Waals surface area contributed by atoms with Gasteiger partial charge in [-0.2, -0.15) is 0 Å². The fraction of sp³-hybridized carbons (Fsp3) is 0.231. The molecule has 0 radical (unpaired) electrons. The third-order valence-electron chi connectivity index (χ3n) is 2.57. The highest BCUT2D eigenvalue weighted by Crippen LogP contribution is 2.21. The van der Waals surface area contributed by atoms with Crippen molar-refractivity contribution in [2.75, 3.05) is 12.8 Å². The Labute approximate surface area is 109 Å². The number of carbonyl (C=O) groups is 1. The number of aryl methyl sites for hydroxylation is 1. The van der Waals surface area contributed by atoms with E-state index in [0.717, 1.165) is 10.7 Å². The third-order valence-corrected chi connectivity index (χ3v) is 3.39. The summed E-state index contributed by atoms with van der Waals surface area (Å²) in [6.07, 6.45) is 0.266. The number of ketones is 1. The highest BCUT2D eigenvalue weighted by molar-refractivity contribution is 7.09. The van der Waals surface area contributed by atoms with Crippen LogP contribution in [0.2, 0.25) is 0 Å². The largest absolute Gasteiger partial charge is 0.497 e. The maximum atomic E-state index is 12.1. The summed E-state index contributed by atoms with van der Waals surface area (Å²) in [5.41, 5.74) is 7.54. The van der Waals surface area contributed by atoms with Crippen molar-refractivity contribution in [3.63, 3.8) is 0 Å². The van der Waals surface area contributed by atoms with Crippen molar-refractivity contribution in [2.24, 2.45) is 0 Å². The first-order valence-corrected chi connectivity index (χ1v) is 6.36.